The fourth-order valence-corrected chi connectivity index (χ4v) is 3.55. The van der Waals surface area contributed by atoms with Gasteiger partial charge in [0.05, 0.1) is 12.8 Å². The van der Waals surface area contributed by atoms with Gasteiger partial charge in [0, 0.05) is 18.0 Å². The zero-order valence-electron chi connectivity index (χ0n) is 14.6. The van der Waals surface area contributed by atoms with Crippen LogP contribution in [0.4, 0.5) is 5.82 Å². The summed E-state index contributed by atoms with van der Waals surface area (Å²) in [4.78, 5) is 17.0. The number of carbonyl (C=O) groups is 1. The summed E-state index contributed by atoms with van der Waals surface area (Å²) in [6, 6.07) is 13.4. The fraction of sp³-hybridized carbons (Fsp3) is 0.200. The van der Waals surface area contributed by atoms with Crippen molar-refractivity contribution in [3.8, 4) is 22.9 Å². The number of anilines is 1. The molecule has 7 heteroatoms. The van der Waals surface area contributed by atoms with Crippen LogP contribution in [-0.2, 0) is 4.79 Å². The molecule has 2 aromatic carbocycles. The van der Waals surface area contributed by atoms with Gasteiger partial charge in [-0.2, -0.15) is 0 Å². The summed E-state index contributed by atoms with van der Waals surface area (Å²) in [5, 5.41) is 2.96. The molecule has 1 unspecified atom stereocenters. The smallest absolute Gasteiger partial charge is 0.231 e. The number of carbonyl (C=O) groups excluding carboxylic acids is 1. The molecule has 27 heavy (non-hydrogen) atoms. The van der Waals surface area contributed by atoms with Crippen LogP contribution in [-0.4, -0.2) is 29.4 Å². The van der Waals surface area contributed by atoms with Crippen LogP contribution >= 0.6 is 0 Å². The quantitative estimate of drug-likeness (QED) is 0.774. The summed E-state index contributed by atoms with van der Waals surface area (Å²) in [6.07, 6.45) is 2.07. The average molecular weight is 363 g/mol. The number of benzene rings is 2. The van der Waals surface area contributed by atoms with Crippen LogP contribution < -0.4 is 19.5 Å². The molecule has 2 aliphatic rings. The van der Waals surface area contributed by atoms with Crippen molar-refractivity contribution in [1.82, 2.24) is 9.55 Å². The Labute approximate surface area is 155 Å². The predicted octanol–water partition coefficient (Wildman–Crippen LogP) is 3.08. The van der Waals surface area contributed by atoms with Gasteiger partial charge >= 0.3 is 0 Å². The van der Waals surface area contributed by atoms with E-state index in [1.54, 1.807) is 13.4 Å². The van der Waals surface area contributed by atoms with Crippen LogP contribution in [0.3, 0.4) is 0 Å². The molecule has 2 aliphatic heterocycles. The number of fused-ring (bicyclic) bond motifs is 2. The molecule has 0 saturated carbocycles. The summed E-state index contributed by atoms with van der Waals surface area (Å²) in [6.45, 7) is 0.223. The summed E-state index contributed by atoms with van der Waals surface area (Å²) in [5.74, 6) is 2.72. The van der Waals surface area contributed by atoms with E-state index in [1.807, 2.05) is 47.0 Å². The first-order valence-electron chi connectivity index (χ1n) is 8.64. The van der Waals surface area contributed by atoms with Crippen molar-refractivity contribution >= 4 is 11.7 Å². The highest BCUT2D eigenvalue weighted by Gasteiger charge is 2.32. The van der Waals surface area contributed by atoms with E-state index in [1.165, 1.54) is 0 Å². The first kappa shape index (κ1) is 15.7. The van der Waals surface area contributed by atoms with Gasteiger partial charge in [-0.3, -0.25) is 9.36 Å². The van der Waals surface area contributed by atoms with Crippen LogP contribution in [0.2, 0.25) is 0 Å². The van der Waals surface area contributed by atoms with Crippen molar-refractivity contribution in [3.05, 3.63) is 60.0 Å². The fourth-order valence-electron chi connectivity index (χ4n) is 3.55. The Morgan fingerprint density at radius 2 is 1.96 bits per heavy atom. The van der Waals surface area contributed by atoms with E-state index < -0.39 is 0 Å². The van der Waals surface area contributed by atoms with Crippen molar-refractivity contribution in [2.45, 2.75) is 12.3 Å². The molecule has 3 heterocycles. The number of amides is 1. The molecule has 0 bridgehead atoms. The molecule has 0 spiro atoms. The molecular formula is C20H17N3O4. The van der Waals surface area contributed by atoms with Crippen LogP contribution in [0.5, 0.6) is 17.2 Å². The summed E-state index contributed by atoms with van der Waals surface area (Å²) >= 11 is 0. The van der Waals surface area contributed by atoms with Crippen LogP contribution in [0, 0.1) is 0 Å². The molecule has 0 radical (unpaired) electrons. The molecule has 7 nitrogen and oxygen atoms in total. The van der Waals surface area contributed by atoms with E-state index >= 15 is 0 Å². The maximum absolute atomic E-state index is 12.4. The zero-order chi connectivity index (χ0) is 18.4. The lowest BCUT2D eigenvalue weighted by Gasteiger charge is -2.23. The van der Waals surface area contributed by atoms with Crippen LogP contribution in [0.15, 0.2) is 48.8 Å². The lowest BCUT2D eigenvalue weighted by molar-refractivity contribution is -0.116. The highest BCUT2D eigenvalue weighted by Crippen LogP contribution is 2.41. The third kappa shape index (κ3) is 2.59. The number of rotatable bonds is 3. The molecule has 0 fully saturated rings. The van der Waals surface area contributed by atoms with Crippen LogP contribution in [0.25, 0.3) is 5.69 Å². The Morgan fingerprint density at radius 3 is 2.78 bits per heavy atom. The largest absolute Gasteiger partial charge is 0.497 e. The predicted molar refractivity (Wildman–Crippen MR) is 97.8 cm³/mol. The first-order valence-corrected chi connectivity index (χ1v) is 8.64. The molecule has 1 aromatic heterocycles. The third-order valence-corrected chi connectivity index (χ3v) is 4.92. The van der Waals surface area contributed by atoms with Gasteiger partial charge in [0.2, 0.25) is 12.7 Å². The van der Waals surface area contributed by atoms with E-state index in [4.69, 9.17) is 14.2 Å². The normalized spacial score (nSPS) is 17.4. The monoisotopic (exact) mass is 363 g/mol. The van der Waals surface area contributed by atoms with E-state index in [0.29, 0.717) is 18.0 Å². The lowest BCUT2D eigenvalue weighted by Crippen LogP contribution is -2.24. The van der Waals surface area contributed by atoms with E-state index in [2.05, 4.69) is 10.3 Å². The number of hydrogen-bond donors (Lipinski definition) is 1. The number of aromatic nitrogens is 2. The van der Waals surface area contributed by atoms with Crippen molar-refractivity contribution in [1.29, 1.82) is 0 Å². The van der Waals surface area contributed by atoms with Gasteiger partial charge < -0.3 is 19.5 Å². The molecule has 1 atom stereocenters. The summed E-state index contributed by atoms with van der Waals surface area (Å²) in [7, 11) is 1.63. The average Bonchev–Trinajstić information content (AvgIpc) is 3.33. The SMILES string of the molecule is COc1ccc(-n2cnc3c2NC(=O)CC3c2ccc3c(c2)OCO3)cc1. The molecule has 136 valence electrons. The summed E-state index contributed by atoms with van der Waals surface area (Å²) < 4.78 is 18.0. The second-order valence-electron chi connectivity index (χ2n) is 6.46. The number of nitrogens with one attached hydrogen (secondary N) is 1. The van der Waals surface area contributed by atoms with Gasteiger partial charge in [0.1, 0.15) is 17.9 Å². The molecular weight excluding hydrogens is 346 g/mol. The highest BCUT2D eigenvalue weighted by atomic mass is 16.7. The maximum Gasteiger partial charge on any atom is 0.231 e. The molecule has 0 saturated heterocycles. The standard InChI is InChI=1S/C20H17N3O4/c1-25-14-5-3-13(4-6-14)23-10-21-19-15(9-18(24)22-20(19)23)12-2-7-16-17(8-12)27-11-26-16/h2-8,10,15H,9,11H2,1H3,(H,22,24). The Hall–Kier alpha value is -3.48. The van der Waals surface area contributed by atoms with Gasteiger partial charge in [-0.05, 0) is 42.0 Å². The van der Waals surface area contributed by atoms with Crippen molar-refractivity contribution in [2.75, 3.05) is 19.2 Å². The molecule has 1 amide bonds. The Balaban J connectivity index is 1.56. The first-order chi connectivity index (χ1) is 13.2. The Kier molecular flexibility index (Phi) is 3.53. The minimum absolute atomic E-state index is 0.0413. The minimum Gasteiger partial charge on any atom is -0.497 e. The van der Waals surface area contributed by atoms with E-state index in [-0.39, 0.29) is 18.6 Å². The number of methoxy groups -OCH3 is 1. The Bertz CT molecular complexity index is 1030. The van der Waals surface area contributed by atoms with E-state index in [9.17, 15) is 4.79 Å². The Morgan fingerprint density at radius 1 is 1.15 bits per heavy atom. The number of hydrogen-bond acceptors (Lipinski definition) is 5. The topological polar surface area (TPSA) is 74.6 Å². The number of imidazole rings is 1. The molecule has 5 rings (SSSR count). The molecule has 1 N–H and O–H groups in total. The lowest BCUT2D eigenvalue weighted by atomic mass is 9.89. The number of ether oxygens (including phenoxy) is 3. The minimum atomic E-state index is -0.136. The number of nitrogens with zero attached hydrogens (tertiary/aromatic N) is 2. The second kappa shape index (κ2) is 6.05. The van der Waals surface area contributed by atoms with Gasteiger partial charge in [0.25, 0.3) is 0 Å². The van der Waals surface area contributed by atoms with Gasteiger partial charge in [-0.15, -0.1) is 0 Å². The molecule has 3 aromatic rings. The third-order valence-electron chi connectivity index (χ3n) is 4.92. The van der Waals surface area contributed by atoms with Crippen LogP contribution in [0.1, 0.15) is 23.6 Å². The van der Waals surface area contributed by atoms with Crippen molar-refractivity contribution < 1.29 is 19.0 Å². The maximum atomic E-state index is 12.4. The van der Waals surface area contributed by atoms with Gasteiger partial charge in [-0.25, -0.2) is 4.98 Å². The van der Waals surface area contributed by atoms with Gasteiger partial charge in [-0.1, -0.05) is 6.07 Å². The second-order valence-corrected chi connectivity index (χ2v) is 6.46. The molecule has 0 aliphatic carbocycles. The van der Waals surface area contributed by atoms with Gasteiger partial charge in [0.15, 0.2) is 11.5 Å². The highest BCUT2D eigenvalue weighted by molar-refractivity contribution is 5.94. The van der Waals surface area contributed by atoms with Crippen molar-refractivity contribution in [2.24, 2.45) is 0 Å². The van der Waals surface area contributed by atoms with Crippen molar-refractivity contribution in [3.63, 3.8) is 0 Å². The summed E-state index contributed by atoms with van der Waals surface area (Å²) in [5.41, 5.74) is 2.72. The zero-order valence-corrected chi connectivity index (χ0v) is 14.6. The van der Waals surface area contributed by atoms with E-state index in [0.717, 1.165) is 28.4 Å².